The van der Waals surface area contributed by atoms with Crippen molar-refractivity contribution < 1.29 is 0 Å². The molecule has 14 aromatic rings. The Morgan fingerprint density at radius 3 is 1.17 bits per heavy atom. The van der Waals surface area contributed by atoms with Crippen LogP contribution >= 0.6 is 11.3 Å². The Hall–Kier alpha value is -8.25. The van der Waals surface area contributed by atoms with Crippen LogP contribution in [0.5, 0.6) is 0 Å². The molecule has 0 unspecified atom stereocenters. The van der Waals surface area contributed by atoms with Crippen LogP contribution < -0.4 is 0 Å². The third kappa shape index (κ3) is 5.19. The average molecular weight is 833 g/mol. The Morgan fingerprint density at radius 1 is 0.266 bits per heavy atom. The van der Waals surface area contributed by atoms with Crippen LogP contribution in [0, 0.1) is 0 Å². The summed E-state index contributed by atoms with van der Waals surface area (Å²) in [7, 11) is 0. The predicted octanol–water partition coefficient (Wildman–Crippen LogP) is 16.1. The molecule has 0 N–H and O–H groups in total. The number of fused-ring (bicyclic) bond motifs is 12. The molecule has 0 bridgehead atoms. The van der Waals surface area contributed by atoms with E-state index in [0.29, 0.717) is 0 Å². The van der Waals surface area contributed by atoms with Crippen molar-refractivity contribution in [1.82, 2.24) is 18.7 Å². The first-order chi connectivity index (χ1) is 31.7. The lowest BCUT2D eigenvalue weighted by Gasteiger charge is -2.11. The Labute approximate surface area is 371 Å². The second-order valence-electron chi connectivity index (χ2n) is 16.7. The quantitative estimate of drug-likeness (QED) is 0.170. The molecular formula is C59H36N4S. The van der Waals surface area contributed by atoms with Crippen LogP contribution in [0.15, 0.2) is 218 Å². The first-order valence-corrected chi connectivity index (χ1v) is 22.6. The van der Waals surface area contributed by atoms with Gasteiger partial charge < -0.3 is 13.7 Å². The summed E-state index contributed by atoms with van der Waals surface area (Å²) in [5.41, 5.74) is 14.7. The van der Waals surface area contributed by atoms with Crippen LogP contribution in [0.3, 0.4) is 0 Å². The van der Waals surface area contributed by atoms with Crippen LogP contribution in [0.2, 0.25) is 0 Å². The van der Waals surface area contributed by atoms with Gasteiger partial charge in [0.1, 0.15) is 0 Å². The van der Waals surface area contributed by atoms with Gasteiger partial charge in [-0.15, -0.1) is 11.3 Å². The predicted molar refractivity (Wildman–Crippen MR) is 271 cm³/mol. The van der Waals surface area contributed by atoms with Crippen molar-refractivity contribution in [1.29, 1.82) is 0 Å². The summed E-state index contributed by atoms with van der Waals surface area (Å²) < 4.78 is 9.85. The molecule has 0 radical (unpaired) electrons. The first-order valence-electron chi connectivity index (χ1n) is 21.8. The highest BCUT2D eigenvalue weighted by atomic mass is 32.1. The lowest BCUT2D eigenvalue weighted by atomic mass is 10.0. The van der Waals surface area contributed by atoms with Crippen molar-refractivity contribution >= 4 is 96.9 Å². The zero-order chi connectivity index (χ0) is 41.9. The van der Waals surface area contributed by atoms with Gasteiger partial charge in [-0.25, -0.2) is 4.98 Å². The monoisotopic (exact) mass is 832 g/mol. The maximum atomic E-state index is 5.12. The molecule has 298 valence electrons. The van der Waals surface area contributed by atoms with Crippen LogP contribution in [-0.4, -0.2) is 18.7 Å². The van der Waals surface area contributed by atoms with Gasteiger partial charge in [-0.05, 0) is 103 Å². The van der Waals surface area contributed by atoms with Gasteiger partial charge in [-0.2, -0.15) is 0 Å². The van der Waals surface area contributed by atoms with Gasteiger partial charge in [0.05, 0.1) is 44.5 Å². The lowest BCUT2D eigenvalue weighted by Crippen LogP contribution is -1.96. The minimum atomic E-state index is 0.972. The molecule has 5 heterocycles. The fourth-order valence-corrected chi connectivity index (χ4v) is 11.5. The molecule has 64 heavy (non-hydrogen) atoms. The Bertz CT molecular complexity index is 3920. The molecule has 0 saturated heterocycles. The third-order valence-electron chi connectivity index (χ3n) is 13.2. The molecule has 0 aliphatic carbocycles. The van der Waals surface area contributed by atoms with Crippen molar-refractivity contribution in [2.24, 2.45) is 0 Å². The van der Waals surface area contributed by atoms with E-state index in [9.17, 15) is 0 Å². The van der Waals surface area contributed by atoms with E-state index in [0.717, 1.165) is 39.6 Å². The van der Waals surface area contributed by atoms with E-state index < -0.39 is 0 Å². The molecule has 0 atom stereocenters. The van der Waals surface area contributed by atoms with Crippen LogP contribution in [-0.2, 0) is 0 Å². The largest absolute Gasteiger partial charge is 0.309 e. The summed E-state index contributed by atoms with van der Waals surface area (Å²) in [5.74, 6) is 0. The Morgan fingerprint density at radius 2 is 0.656 bits per heavy atom. The molecule has 4 nitrogen and oxygen atoms in total. The van der Waals surface area contributed by atoms with Crippen LogP contribution in [0.25, 0.3) is 125 Å². The molecule has 5 heteroatoms. The zero-order valence-electron chi connectivity index (χ0n) is 34.5. The zero-order valence-corrected chi connectivity index (χ0v) is 35.3. The van der Waals surface area contributed by atoms with E-state index in [-0.39, 0.29) is 0 Å². The highest BCUT2D eigenvalue weighted by Gasteiger charge is 2.20. The maximum absolute atomic E-state index is 5.12. The SMILES string of the molecule is c1ccc(-c2cccc(-c3ccc4sc5ccc(-n6c7ccc(-n8c9ccccc9c9ccccc98)cc7c7cc(-n8c9ccccc9c9ccccc98)ccc76)cc5c4c3)n2)cc1. The molecule has 14 rings (SSSR count). The molecule has 0 aliphatic rings. The molecule has 5 aromatic heterocycles. The molecule has 0 amide bonds. The summed E-state index contributed by atoms with van der Waals surface area (Å²) in [6.07, 6.45) is 0. The van der Waals surface area contributed by atoms with Crippen LogP contribution in [0.4, 0.5) is 0 Å². The molecule has 0 fully saturated rings. The number of thiophene rings is 1. The minimum Gasteiger partial charge on any atom is -0.309 e. The van der Waals surface area contributed by atoms with E-state index in [4.69, 9.17) is 4.98 Å². The average Bonchev–Trinajstić information content (AvgIpc) is 4.10. The van der Waals surface area contributed by atoms with E-state index in [1.54, 1.807) is 0 Å². The van der Waals surface area contributed by atoms with Crippen molar-refractivity contribution in [3.63, 3.8) is 0 Å². The summed E-state index contributed by atoms with van der Waals surface area (Å²) in [6, 6.07) is 79.7. The van der Waals surface area contributed by atoms with Gasteiger partial charge in [0.25, 0.3) is 0 Å². The van der Waals surface area contributed by atoms with Gasteiger partial charge in [0.2, 0.25) is 0 Å². The number of aromatic nitrogens is 4. The van der Waals surface area contributed by atoms with Crippen molar-refractivity contribution in [2.45, 2.75) is 0 Å². The Kier molecular flexibility index (Phi) is 7.53. The molecular weight excluding hydrogens is 797 g/mol. The summed E-state index contributed by atoms with van der Waals surface area (Å²) in [6.45, 7) is 0. The number of para-hydroxylation sites is 4. The number of rotatable bonds is 5. The third-order valence-corrected chi connectivity index (χ3v) is 14.4. The van der Waals surface area contributed by atoms with Gasteiger partial charge in [-0.3, -0.25) is 0 Å². The van der Waals surface area contributed by atoms with E-state index >= 15 is 0 Å². The van der Waals surface area contributed by atoms with Crippen molar-refractivity contribution in [3.8, 4) is 39.6 Å². The first kappa shape index (κ1) is 35.4. The highest BCUT2D eigenvalue weighted by molar-refractivity contribution is 7.25. The summed E-state index contributed by atoms with van der Waals surface area (Å²) in [5, 5.41) is 9.94. The second-order valence-corrected chi connectivity index (χ2v) is 17.8. The molecule has 0 saturated carbocycles. The molecule has 0 aliphatic heterocycles. The number of pyridine rings is 1. The van der Waals surface area contributed by atoms with Gasteiger partial charge in [-0.1, -0.05) is 115 Å². The van der Waals surface area contributed by atoms with E-state index in [1.165, 1.54) is 85.6 Å². The van der Waals surface area contributed by atoms with Crippen molar-refractivity contribution in [2.75, 3.05) is 0 Å². The molecule has 9 aromatic carbocycles. The Balaban J connectivity index is 1.00. The number of nitrogens with zero attached hydrogens (tertiary/aromatic N) is 4. The fourth-order valence-electron chi connectivity index (χ4n) is 10.4. The highest BCUT2D eigenvalue weighted by Crippen LogP contribution is 2.42. The summed E-state index contributed by atoms with van der Waals surface area (Å²) >= 11 is 1.85. The normalized spacial score (nSPS) is 12.1. The number of hydrogen-bond acceptors (Lipinski definition) is 2. The van der Waals surface area contributed by atoms with E-state index in [1.807, 2.05) is 17.4 Å². The standard InChI is InChI=1S/C59H36N4S/c1-2-13-37(14-3-1)50-19-12-20-51(60-50)38-25-31-58-48(33-38)49-36-41(28-32-59(49)64-58)63-56-29-26-39(61-52-21-8-4-15-42(52)43-16-5-9-22-53(43)61)34-46(56)47-35-40(27-30-57(47)63)62-54-23-10-6-17-44(54)45-18-7-11-24-55(45)62/h1-36H. The maximum Gasteiger partial charge on any atom is 0.0709 e. The molecule has 0 spiro atoms. The minimum absolute atomic E-state index is 0.972. The second kappa shape index (κ2) is 13.6. The van der Waals surface area contributed by atoms with E-state index in [2.05, 4.69) is 226 Å². The van der Waals surface area contributed by atoms with Crippen LogP contribution in [0.1, 0.15) is 0 Å². The summed E-state index contributed by atoms with van der Waals surface area (Å²) in [4.78, 5) is 5.12. The van der Waals surface area contributed by atoms with Gasteiger partial charge in [0.15, 0.2) is 0 Å². The number of benzene rings is 9. The van der Waals surface area contributed by atoms with Gasteiger partial charge in [0, 0.05) is 80.7 Å². The fraction of sp³-hybridized carbons (Fsp3) is 0. The smallest absolute Gasteiger partial charge is 0.0709 e. The topological polar surface area (TPSA) is 27.7 Å². The van der Waals surface area contributed by atoms with Crippen molar-refractivity contribution in [3.05, 3.63) is 218 Å². The van der Waals surface area contributed by atoms with Gasteiger partial charge >= 0.3 is 0 Å². The number of hydrogen-bond donors (Lipinski definition) is 0. The lowest BCUT2D eigenvalue weighted by molar-refractivity contribution is 1.16.